The fourth-order valence-corrected chi connectivity index (χ4v) is 2.36. The van der Waals surface area contributed by atoms with Crippen LogP contribution in [0.25, 0.3) is 0 Å². The SMILES string of the molecule is CCNc1cnc(C(=O)NCc2ncc(CC)s2)cn1. The highest BCUT2D eigenvalue weighted by Gasteiger charge is 2.09. The van der Waals surface area contributed by atoms with Crippen LogP contribution in [0.2, 0.25) is 0 Å². The lowest BCUT2D eigenvalue weighted by atomic mass is 10.4. The number of nitrogens with one attached hydrogen (secondary N) is 2. The summed E-state index contributed by atoms with van der Waals surface area (Å²) in [6.45, 7) is 5.24. The first-order valence-corrected chi connectivity index (χ1v) is 7.32. The number of aromatic nitrogens is 3. The molecule has 7 heteroatoms. The zero-order chi connectivity index (χ0) is 14.4. The van der Waals surface area contributed by atoms with Gasteiger partial charge in [0.2, 0.25) is 0 Å². The molecule has 20 heavy (non-hydrogen) atoms. The molecule has 0 fully saturated rings. The van der Waals surface area contributed by atoms with Gasteiger partial charge in [0.1, 0.15) is 16.5 Å². The number of rotatable bonds is 6. The number of hydrogen-bond acceptors (Lipinski definition) is 6. The van der Waals surface area contributed by atoms with Gasteiger partial charge in [-0.2, -0.15) is 0 Å². The van der Waals surface area contributed by atoms with E-state index >= 15 is 0 Å². The highest BCUT2D eigenvalue weighted by molar-refractivity contribution is 7.11. The molecule has 0 aliphatic rings. The maximum atomic E-state index is 11.9. The van der Waals surface area contributed by atoms with Gasteiger partial charge in [-0.15, -0.1) is 11.3 Å². The predicted molar refractivity (Wildman–Crippen MR) is 78.9 cm³/mol. The van der Waals surface area contributed by atoms with Gasteiger partial charge in [0.05, 0.1) is 18.9 Å². The van der Waals surface area contributed by atoms with E-state index in [-0.39, 0.29) is 5.91 Å². The Kier molecular flexibility index (Phi) is 5.00. The molecule has 0 spiro atoms. The van der Waals surface area contributed by atoms with Gasteiger partial charge in [-0.1, -0.05) is 6.92 Å². The van der Waals surface area contributed by atoms with Gasteiger partial charge in [0.15, 0.2) is 0 Å². The van der Waals surface area contributed by atoms with Gasteiger partial charge in [-0.3, -0.25) is 4.79 Å². The van der Waals surface area contributed by atoms with Crippen LogP contribution >= 0.6 is 11.3 Å². The van der Waals surface area contributed by atoms with E-state index in [1.54, 1.807) is 17.5 Å². The number of carbonyl (C=O) groups excluding carboxylic acids is 1. The van der Waals surface area contributed by atoms with Crippen LogP contribution in [-0.2, 0) is 13.0 Å². The van der Waals surface area contributed by atoms with Crippen LogP contribution in [0.1, 0.15) is 34.2 Å². The molecular formula is C13H17N5OS. The normalized spacial score (nSPS) is 10.3. The molecule has 0 unspecified atom stereocenters. The zero-order valence-corrected chi connectivity index (χ0v) is 12.3. The fourth-order valence-electron chi connectivity index (χ4n) is 1.56. The topological polar surface area (TPSA) is 79.8 Å². The Morgan fingerprint density at radius 3 is 2.65 bits per heavy atom. The molecular weight excluding hydrogens is 274 g/mol. The highest BCUT2D eigenvalue weighted by atomic mass is 32.1. The molecule has 0 aliphatic heterocycles. The summed E-state index contributed by atoms with van der Waals surface area (Å²) in [7, 11) is 0. The van der Waals surface area contributed by atoms with E-state index in [2.05, 4.69) is 32.5 Å². The third kappa shape index (κ3) is 3.74. The molecule has 0 radical (unpaired) electrons. The maximum Gasteiger partial charge on any atom is 0.271 e. The van der Waals surface area contributed by atoms with Crippen molar-refractivity contribution < 1.29 is 4.79 Å². The van der Waals surface area contributed by atoms with Crippen LogP contribution < -0.4 is 10.6 Å². The number of hydrogen-bond donors (Lipinski definition) is 2. The van der Waals surface area contributed by atoms with E-state index < -0.39 is 0 Å². The lowest BCUT2D eigenvalue weighted by molar-refractivity contribution is 0.0945. The van der Waals surface area contributed by atoms with Crippen LogP contribution in [0.5, 0.6) is 0 Å². The highest BCUT2D eigenvalue weighted by Crippen LogP contribution is 2.13. The molecule has 2 aromatic rings. The Bertz CT molecular complexity index is 566. The van der Waals surface area contributed by atoms with Crippen molar-refractivity contribution in [2.24, 2.45) is 0 Å². The summed E-state index contributed by atoms with van der Waals surface area (Å²) in [5.41, 5.74) is 0.305. The van der Waals surface area contributed by atoms with Crippen LogP contribution in [-0.4, -0.2) is 27.4 Å². The minimum Gasteiger partial charge on any atom is -0.369 e. The van der Waals surface area contributed by atoms with Crippen molar-refractivity contribution in [1.82, 2.24) is 20.3 Å². The molecule has 1 amide bonds. The molecule has 0 aliphatic carbocycles. The third-order valence-corrected chi connectivity index (χ3v) is 3.73. The summed E-state index contributed by atoms with van der Waals surface area (Å²) in [5, 5.41) is 6.71. The van der Waals surface area contributed by atoms with Crippen molar-refractivity contribution in [3.63, 3.8) is 0 Å². The third-order valence-electron chi connectivity index (χ3n) is 2.59. The second kappa shape index (κ2) is 6.95. The van der Waals surface area contributed by atoms with E-state index in [0.717, 1.165) is 18.0 Å². The molecule has 0 saturated heterocycles. The number of carbonyl (C=O) groups is 1. The van der Waals surface area contributed by atoms with Crippen LogP contribution in [0.3, 0.4) is 0 Å². The Morgan fingerprint density at radius 2 is 2.05 bits per heavy atom. The average Bonchev–Trinajstić information content (AvgIpc) is 2.94. The molecule has 0 bridgehead atoms. The van der Waals surface area contributed by atoms with E-state index in [9.17, 15) is 4.79 Å². The lowest BCUT2D eigenvalue weighted by Gasteiger charge is -2.04. The Hall–Kier alpha value is -2.02. The first-order chi connectivity index (χ1) is 9.72. The average molecular weight is 291 g/mol. The molecule has 0 atom stereocenters. The monoisotopic (exact) mass is 291 g/mol. The summed E-state index contributed by atoms with van der Waals surface area (Å²) < 4.78 is 0. The van der Waals surface area contributed by atoms with E-state index in [0.29, 0.717) is 18.1 Å². The van der Waals surface area contributed by atoms with E-state index in [4.69, 9.17) is 0 Å². The van der Waals surface area contributed by atoms with Gasteiger partial charge in [0, 0.05) is 17.6 Å². The summed E-state index contributed by atoms with van der Waals surface area (Å²) in [4.78, 5) is 25.6. The van der Waals surface area contributed by atoms with Gasteiger partial charge >= 0.3 is 0 Å². The van der Waals surface area contributed by atoms with Gasteiger partial charge in [0.25, 0.3) is 5.91 Å². The number of amides is 1. The number of aryl methyl sites for hydroxylation is 1. The molecule has 2 heterocycles. The van der Waals surface area contributed by atoms with Crippen molar-refractivity contribution in [3.05, 3.63) is 34.2 Å². The van der Waals surface area contributed by atoms with Crippen molar-refractivity contribution in [3.8, 4) is 0 Å². The lowest BCUT2D eigenvalue weighted by Crippen LogP contribution is -2.24. The Morgan fingerprint density at radius 1 is 1.20 bits per heavy atom. The van der Waals surface area contributed by atoms with Crippen LogP contribution in [0.15, 0.2) is 18.6 Å². The molecule has 0 aromatic carbocycles. The number of anilines is 1. The van der Waals surface area contributed by atoms with Gasteiger partial charge in [-0.05, 0) is 13.3 Å². The predicted octanol–water partition coefficient (Wildman–Crippen LogP) is 1.86. The second-order valence-electron chi connectivity index (χ2n) is 4.07. The van der Waals surface area contributed by atoms with Crippen LogP contribution in [0.4, 0.5) is 5.82 Å². The quantitative estimate of drug-likeness (QED) is 0.849. The van der Waals surface area contributed by atoms with E-state index in [1.807, 2.05) is 13.1 Å². The summed E-state index contributed by atoms with van der Waals surface area (Å²) in [6.07, 6.45) is 5.82. The van der Waals surface area contributed by atoms with Crippen molar-refractivity contribution in [2.75, 3.05) is 11.9 Å². The molecule has 2 aromatic heterocycles. The van der Waals surface area contributed by atoms with Gasteiger partial charge < -0.3 is 10.6 Å². The first-order valence-electron chi connectivity index (χ1n) is 6.50. The van der Waals surface area contributed by atoms with Gasteiger partial charge in [-0.25, -0.2) is 15.0 Å². The Labute approximate surface area is 121 Å². The molecule has 0 saturated carbocycles. The maximum absolute atomic E-state index is 11.9. The second-order valence-corrected chi connectivity index (χ2v) is 5.27. The first kappa shape index (κ1) is 14.4. The molecule has 6 nitrogen and oxygen atoms in total. The summed E-state index contributed by atoms with van der Waals surface area (Å²) in [6, 6.07) is 0. The standard InChI is InChI=1S/C13H17N5OS/c1-3-9-5-17-12(20-9)8-18-13(19)10-6-16-11(7-15-10)14-4-2/h5-7H,3-4,8H2,1-2H3,(H,14,16)(H,18,19). The van der Waals surface area contributed by atoms with E-state index in [1.165, 1.54) is 11.1 Å². The molecule has 2 N–H and O–H groups in total. The number of thiazole rings is 1. The Balaban J connectivity index is 1.90. The van der Waals surface area contributed by atoms with Crippen molar-refractivity contribution in [1.29, 1.82) is 0 Å². The molecule has 2 rings (SSSR count). The fraction of sp³-hybridized carbons (Fsp3) is 0.385. The van der Waals surface area contributed by atoms with Crippen molar-refractivity contribution >= 4 is 23.1 Å². The summed E-state index contributed by atoms with van der Waals surface area (Å²) >= 11 is 1.61. The molecule has 106 valence electrons. The zero-order valence-electron chi connectivity index (χ0n) is 11.5. The summed E-state index contributed by atoms with van der Waals surface area (Å²) in [5.74, 6) is 0.422. The smallest absolute Gasteiger partial charge is 0.271 e. The minimum atomic E-state index is -0.242. The number of nitrogens with zero attached hydrogens (tertiary/aromatic N) is 3. The van der Waals surface area contributed by atoms with Crippen LogP contribution in [0, 0.1) is 0 Å². The largest absolute Gasteiger partial charge is 0.369 e. The van der Waals surface area contributed by atoms with Crippen molar-refractivity contribution in [2.45, 2.75) is 26.8 Å². The minimum absolute atomic E-state index is 0.242.